The van der Waals surface area contributed by atoms with E-state index in [1.54, 1.807) is 36.7 Å². The number of aromatic nitrogens is 1. The minimum atomic E-state index is -0.507. The number of pyridine rings is 1. The third-order valence-electron chi connectivity index (χ3n) is 4.73. The van der Waals surface area contributed by atoms with Gasteiger partial charge in [0.05, 0.1) is 0 Å². The van der Waals surface area contributed by atoms with Crippen LogP contribution in [0.15, 0.2) is 94.8 Å². The minimum Gasteiger partial charge on any atom is -0.383 e. The van der Waals surface area contributed by atoms with Gasteiger partial charge in [-0.1, -0.05) is 63.1 Å². The summed E-state index contributed by atoms with van der Waals surface area (Å²) in [5.74, 6) is 3.42. The van der Waals surface area contributed by atoms with Gasteiger partial charge in [0, 0.05) is 29.2 Å². The van der Waals surface area contributed by atoms with Crippen molar-refractivity contribution in [1.29, 1.82) is 0 Å². The van der Waals surface area contributed by atoms with Crippen LogP contribution >= 0.6 is 0 Å². The van der Waals surface area contributed by atoms with Crippen LogP contribution in [0.25, 0.3) is 0 Å². The fourth-order valence-corrected chi connectivity index (χ4v) is 2.68. The van der Waals surface area contributed by atoms with Crippen LogP contribution in [0.5, 0.6) is 0 Å². The zero-order chi connectivity index (χ0) is 23.1. The zero-order valence-electron chi connectivity index (χ0n) is 19.1. The monoisotopic (exact) mass is 414 g/mol. The predicted molar refractivity (Wildman–Crippen MR) is 135 cm³/mol. The molecule has 0 aliphatic carbocycles. The van der Waals surface area contributed by atoms with Crippen LogP contribution in [0.2, 0.25) is 0 Å². The van der Waals surface area contributed by atoms with Crippen molar-refractivity contribution in [1.82, 2.24) is 4.98 Å². The first kappa shape index (κ1) is 25.6. The zero-order valence-corrected chi connectivity index (χ0v) is 19.1. The van der Waals surface area contributed by atoms with Crippen LogP contribution in [-0.2, 0) is 0 Å². The lowest BCUT2D eigenvalue weighted by molar-refractivity contribution is 0.571. The first-order valence-corrected chi connectivity index (χ1v) is 10.5. The number of rotatable bonds is 11. The summed E-state index contributed by atoms with van der Waals surface area (Å²) in [6.07, 6.45) is 23.5. The molecule has 1 aromatic rings. The molecule has 2 N–H and O–H groups in total. The summed E-state index contributed by atoms with van der Waals surface area (Å²) < 4.78 is 0. The van der Waals surface area contributed by atoms with E-state index < -0.39 is 6.17 Å². The largest absolute Gasteiger partial charge is 0.383 e. The topological polar surface area (TPSA) is 63.6 Å². The molecule has 1 rings (SSSR count). The van der Waals surface area contributed by atoms with Crippen LogP contribution in [-0.4, -0.2) is 16.5 Å². The van der Waals surface area contributed by atoms with E-state index in [4.69, 9.17) is 22.1 Å². The summed E-state index contributed by atoms with van der Waals surface area (Å²) in [6, 6.07) is 3.79. The highest BCUT2D eigenvalue weighted by Crippen LogP contribution is 2.22. The second-order valence-electron chi connectivity index (χ2n) is 7.15. The lowest BCUT2D eigenvalue weighted by atomic mass is 10.0. The van der Waals surface area contributed by atoms with Gasteiger partial charge >= 0.3 is 0 Å². The maximum atomic E-state index is 6.31. The van der Waals surface area contributed by atoms with E-state index in [-0.39, 0.29) is 0 Å². The Morgan fingerprint density at radius 3 is 2.55 bits per heavy atom. The molecule has 162 valence electrons. The number of nitrogens with zero attached hydrogens (tertiary/aromatic N) is 3. The van der Waals surface area contributed by atoms with Crippen molar-refractivity contribution in [3.8, 4) is 12.3 Å². The van der Waals surface area contributed by atoms with Crippen molar-refractivity contribution in [2.45, 2.75) is 46.7 Å². The van der Waals surface area contributed by atoms with Gasteiger partial charge in [0.1, 0.15) is 5.84 Å². The smallest absolute Gasteiger partial charge is 0.167 e. The summed E-state index contributed by atoms with van der Waals surface area (Å²) >= 11 is 0. The molecule has 0 aliphatic rings. The molecule has 0 aromatic carbocycles. The number of allylic oxidation sites excluding steroid dienone is 7. The van der Waals surface area contributed by atoms with Crippen molar-refractivity contribution in [2.75, 3.05) is 0 Å². The van der Waals surface area contributed by atoms with Crippen LogP contribution < -0.4 is 5.73 Å². The second kappa shape index (κ2) is 14.5. The Morgan fingerprint density at radius 1 is 1.26 bits per heavy atom. The standard InChI is InChI=1S/C27H34N4/c1-7-11-14-24(13-9-3)26(28)31-27(25-17-19-29-20-18-25)30-22(6)23(12-8-2)16-15-21(5)10-4/h1,8-9,11-14,16-21,27H,3,10,15H2,2,4-6H3,(H2,28,31)/b12-8-,14-11-,23-16+,24-13+,30-22+. The van der Waals surface area contributed by atoms with Crippen molar-refractivity contribution in [3.63, 3.8) is 0 Å². The number of amidine groups is 1. The van der Waals surface area contributed by atoms with Crippen molar-refractivity contribution in [2.24, 2.45) is 21.6 Å². The SMILES string of the molecule is C#C\C=C/C(=C\C=C)C(/N)=N/C(/N=C(C)/C(/C=C\C)=C/CC(C)CC)c1ccncc1. The molecule has 31 heavy (non-hydrogen) atoms. The van der Waals surface area contributed by atoms with E-state index in [0.717, 1.165) is 29.7 Å². The molecule has 0 amide bonds. The van der Waals surface area contributed by atoms with Gasteiger partial charge in [0.25, 0.3) is 0 Å². The fourth-order valence-electron chi connectivity index (χ4n) is 2.68. The summed E-state index contributed by atoms with van der Waals surface area (Å²) in [7, 11) is 0. The van der Waals surface area contributed by atoms with Crippen LogP contribution in [0, 0.1) is 18.3 Å². The van der Waals surface area contributed by atoms with E-state index in [9.17, 15) is 0 Å². The summed E-state index contributed by atoms with van der Waals surface area (Å²) in [5.41, 5.74) is 9.88. The Bertz CT molecular complexity index is 922. The summed E-state index contributed by atoms with van der Waals surface area (Å²) in [6.45, 7) is 12.2. The number of hydrogen-bond acceptors (Lipinski definition) is 3. The average molecular weight is 415 g/mol. The highest BCUT2D eigenvalue weighted by Gasteiger charge is 2.12. The van der Waals surface area contributed by atoms with E-state index in [0.29, 0.717) is 17.3 Å². The first-order valence-electron chi connectivity index (χ1n) is 10.5. The molecule has 0 spiro atoms. The molecular weight excluding hydrogens is 380 g/mol. The van der Waals surface area contributed by atoms with Gasteiger partial charge < -0.3 is 5.73 Å². The molecule has 4 nitrogen and oxygen atoms in total. The predicted octanol–water partition coefficient (Wildman–Crippen LogP) is 6.14. The molecule has 2 atom stereocenters. The maximum absolute atomic E-state index is 6.31. The molecule has 1 heterocycles. The van der Waals surface area contributed by atoms with Gasteiger partial charge in [-0.3, -0.25) is 9.98 Å². The van der Waals surface area contributed by atoms with Gasteiger partial charge in [0.2, 0.25) is 0 Å². The van der Waals surface area contributed by atoms with Crippen LogP contribution in [0.1, 0.15) is 52.3 Å². The summed E-state index contributed by atoms with van der Waals surface area (Å²) in [5, 5.41) is 0. The van der Waals surface area contributed by atoms with Crippen LogP contribution in [0.4, 0.5) is 0 Å². The maximum Gasteiger partial charge on any atom is 0.167 e. The van der Waals surface area contributed by atoms with Crippen molar-refractivity contribution < 1.29 is 0 Å². The normalized spacial score (nSPS) is 15.8. The van der Waals surface area contributed by atoms with E-state index in [1.807, 2.05) is 32.1 Å². The van der Waals surface area contributed by atoms with Gasteiger partial charge in [-0.25, -0.2) is 4.99 Å². The Kier molecular flexibility index (Phi) is 12.0. The Hall–Kier alpha value is -3.45. The highest BCUT2D eigenvalue weighted by molar-refractivity contribution is 6.02. The molecule has 4 heteroatoms. The summed E-state index contributed by atoms with van der Waals surface area (Å²) in [4.78, 5) is 13.7. The lowest BCUT2D eigenvalue weighted by Crippen LogP contribution is -2.16. The number of aliphatic imine (C=N–C) groups is 2. The van der Waals surface area contributed by atoms with Gasteiger partial charge in [-0.15, -0.1) is 6.42 Å². The minimum absolute atomic E-state index is 0.334. The van der Waals surface area contributed by atoms with Crippen LogP contribution in [0.3, 0.4) is 0 Å². The number of terminal acetylenes is 1. The number of hydrogen-bond donors (Lipinski definition) is 1. The Balaban J connectivity index is 3.45. The third-order valence-corrected chi connectivity index (χ3v) is 4.73. The average Bonchev–Trinajstić information content (AvgIpc) is 2.78. The van der Waals surface area contributed by atoms with Crippen molar-refractivity contribution >= 4 is 11.5 Å². The third kappa shape index (κ3) is 9.27. The van der Waals surface area contributed by atoms with E-state index in [1.165, 1.54) is 0 Å². The molecule has 2 unspecified atom stereocenters. The van der Waals surface area contributed by atoms with E-state index >= 15 is 0 Å². The molecule has 0 radical (unpaired) electrons. The highest BCUT2D eigenvalue weighted by atomic mass is 15.0. The quantitative estimate of drug-likeness (QED) is 0.205. The molecule has 0 aliphatic heterocycles. The van der Waals surface area contributed by atoms with E-state index in [2.05, 4.69) is 43.5 Å². The molecular formula is C27H34N4. The molecule has 0 saturated heterocycles. The Labute approximate surface area is 187 Å². The molecule has 0 bridgehead atoms. The molecule has 0 saturated carbocycles. The first-order chi connectivity index (χ1) is 15.0. The van der Waals surface area contributed by atoms with Gasteiger partial charge in [0.15, 0.2) is 6.17 Å². The Morgan fingerprint density at radius 2 is 1.97 bits per heavy atom. The second-order valence-corrected chi connectivity index (χ2v) is 7.15. The molecule has 1 aromatic heterocycles. The van der Waals surface area contributed by atoms with Gasteiger partial charge in [-0.2, -0.15) is 0 Å². The lowest BCUT2D eigenvalue weighted by Gasteiger charge is -2.13. The molecule has 0 fully saturated rings. The number of nitrogens with two attached hydrogens (primary N) is 1. The van der Waals surface area contributed by atoms with Gasteiger partial charge in [-0.05, 0) is 56.0 Å². The fraction of sp³-hybridized carbons (Fsp3) is 0.296. The van der Waals surface area contributed by atoms with Crippen molar-refractivity contribution in [3.05, 3.63) is 90.3 Å².